The Hall–Kier alpha value is -4.73. The van der Waals surface area contributed by atoms with E-state index in [0.29, 0.717) is 59.0 Å². The Kier molecular flexibility index (Phi) is 9.68. The largest absolute Gasteiger partial charge is 0.387 e. The molecule has 0 atom stereocenters. The monoisotopic (exact) mass is 555 g/mol. The molecule has 2 N–H and O–H groups in total. The quantitative estimate of drug-likeness (QED) is 0.203. The van der Waals surface area contributed by atoms with Gasteiger partial charge in [-0.25, -0.2) is 19.4 Å². The smallest absolute Gasteiger partial charge is 0.250 e. The van der Waals surface area contributed by atoms with E-state index < -0.39 is 5.82 Å². The number of hydrogen-bond acceptors (Lipinski definition) is 8. The summed E-state index contributed by atoms with van der Waals surface area (Å²) in [7, 11) is 1.78. The Balaban J connectivity index is 1.66. The van der Waals surface area contributed by atoms with Gasteiger partial charge < -0.3 is 10.6 Å². The van der Waals surface area contributed by atoms with Gasteiger partial charge in [0.05, 0.1) is 18.4 Å². The molecule has 9 nitrogen and oxygen atoms in total. The van der Waals surface area contributed by atoms with Gasteiger partial charge in [0.25, 0.3) is 0 Å². The van der Waals surface area contributed by atoms with Gasteiger partial charge in [-0.2, -0.15) is 5.10 Å². The zero-order valence-corrected chi connectivity index (χ0v) is 23.5. The highest BCUT2D eigenvalue weighted by atomic mass is 19.1. The van der Waals surface area contributed by atoms with Crippen LogP contribution in [0.15, 0.2) is 64.5 Å². The summed E-state index contributed by atoms with van der Waals surface area (Å²) in [6.07, 6.45) is 9.00. The van der Waals surface area contributed by atoms with Crippen LogP contribution in [-0.2, 0) is 11.3 Å². The van der Waals surface area contributed by atoms with Crippen LogP contribution < -0.4 is 5.73 Å². The van der Waals surface area contributed by atoms with E-state index in [2.05, 4.69) is 20.1 Å². The number of aromatic nitrogens is 2. The van der Waals surface area contributed by atoms with Crippen LogP contribution in [0.5, 0.6) is 0 Å². The van der Waals surface area contributed by atoms with Crippen LogP contribution in [0.3, 0.4) is 0 Å². The van der Waals surface area contributed by atoms with Gasteiger partial charge in [0.2, 0.25) is 5.91 Å². The number of halogens is 1. The third-order valence-electron chi connectivity index (χ3n) is 6.54. The number of amides is 1. The minimum Gasteiger partial charge on any atom is -0.387 e. The molecular formula is C31H34FN7O2. The first-order valence-electron chi connectivity index (χ1n) is 13.6. The maximum atomic E-state index is 15.6. The van der Waals surface area contributed by atoms with E-state index in [0.717, 1.165) is 19.1 Å². The molecule has 0 spiro atoms. The van der Waals surface area contributed by atoms with Gasteiger partial charge in [0.1, 0.15) is 17.5 Å². The summed E-state index contributed by atoms with van der Waals surface area (Å²) in [5.41, 5.74) is 9.40. The van der Waals surface area contributed by atoms with Crippen LogP contribution in [-0.4, -0.2) is 64.3 Å². The topological polar surface area (TPSA) is 117 Å². The number of aliphatic imine (C=N–C) groups is 1. The summed E-state index contributed by atoms with van der Waals surface area (Å²) in [6, 6.07) is 10.1. The van der Waals surface area contributed by atoms with E-state index in [1.807, 2.05) is 13.8 Å². The maximum Gasteiger partial charge on any atom is 0.250 e. The van der Waals surface area contributed by atoms with Gasteiger partial charge in [0, 0.05) is 61.2 Å². The molecule has 0 saturated carbocycles. The molecule has 1 aliphatic rings. The summed E-state index contributed by atoms with van der Waals surface area (Å²) in [5.74, 6) is 0.179. The normalized spacial score (nSPS) is 12.8. The van der Waals surface area contributed by atoms with E-state index in [1.54, 1.807) is 72.0 Å². The number of fused-ring (bicyclic) bond motifs is 1. The molecule has 0 fully saturated rings. The van der Waals surface area contributed by atoms with Crippen molar-refractivity contribution in [3.63, 3.8) is 0 Å². The average Bonchev–Trinajstić information content (AvgIpc) is 3.14. The minimum absolute atomic E-state index is 0.141. The SMILES string of the molecule is CCCN(CCC)C(=O)C1=Cc2c(F)cc(-c3ccc(C=O)c(/C=N\N(C)Cc4ncccn4)c3)cc2N=C(N)C1. The number of benzene rings is 2. The van der Waals surface area contributed by atoms with Crippen molar-refractivity contribution in [1.82, 2.24) is 19.9 Å². The highest BCUT2D eigenvalue weighted by Gasteiger charge is 2.23. The summed E-state index contributed by atoms with van der Waals surface area (Å²) in [6.45, 7) is 5.65. The van der Waals surface area contributed by atoms with Crippen molar-refractivity contribution >= 4 is 36.0 Å². The van der Waals surface area contributed by atoms with E-state index in [9.17, 15) is 9.59 Å². The molecule has 0 aliphatic carbocycles. The van der Waals surface area contributed by atoms with Gasteiger partial charge in [-0.3, -0.25) is 14.6 Å². The molecule has 2 heterocycles. The zero-order chi connectivity index (χ0) is 29.4. The Labute approximate surface area is 239 Å². The predicted molar refractivity (Wildman–Crippen MR) is 159 cm³/mol. The van der Waals surface area contributed by atoms with E-state index in [-0.39, 0.29) is 23.7 Å². The number of rotatable bonds is 11. The second-order valence-electron chi connectivity index (χ2n) is 9.82. The molecule has 41 heavy (non-hydrogen) atoms. The Morgan fingerprint density at radius 2 is 1.80 bits per heavy atom. The number of hydrazone groups is 1. The fourth-order valence-electron chi connectivity index (χ4n) is 4.61. The molecule has 3 aromatic rings. The highest BCUT2D eigenvalue weighted by Crippen LogP contribution is 2.34. The van der Waals surface area contributed by atoms with Crippen LogP contribution >= 0.6 is 0 Å². The van der Waals surface area contributed by atoms with Crippen LogP contribution in [0.4, 0.5) is 10.1 Å². The van der Waals surface area contributed by atoms with Crippen molar-refractivity contribution in [3.05, 3.63) is 82.7 Å². The molecule has 10 heteroatoms. The summed E-state index contributed by atoms with van der Waals surface area (Å²) < 4.78 is 15.6. The van der Waals surface area contributed by atoms with Crippen LogP contribution in [0.25, 0.3) is 17.2 Å². The highest BCUT2D eigenvalue weighted by molar-refractivity contribution is 6.05. The maximum absolute atomic E-state index is 15.6. The molecule has 1 amide bonds. The van der Waals surface area contributed by atoms with Crippen molar-refractivity contribution in [3.8, 4) is 11.1 Å². The number of carbonyl (C=O) groups is 2. The van der Waals surface area contributed by atoms with E-state index in [1.165, 1.54) is 6.07 Å². The Bertz CT molecular complexity index is 1500. The molecule has 4 rings (SSSR count). The zero-order valence-electron chi connectivity index (χ0n) is 23.5. The molecule has 0 bridgehead atoms. The number of carbonyl (C=O) groups excluding carboxylic acids is 2. The number of nitrogens with zero attached hydrogens (tertiary/aromatic N) is 6. The summed E-state index contributed by atoms with van der Waals surface area (Å²) >= 11 is 0. The lowest BCUT2D eigenvalue weighted by Crippen LogP contribution is -2.34. The molecular weight excluding hydrogens is 521 g/mol. The Morgan fingerprint density at radius 3 is 2.49 bits per heavy atom. The lowest BCUT2D eigenvalue weighted by molar-refractivity contribution is -0.127. The van der Waals surface area contributed by atoms with Gasteiger partial charge in [-0.15, -0.1) is 0 Å². The molecule has 1 aromatic heterocycles. The molecule has 0 saturated heterocycles. The van der Waals surface area contributed by atoms with Crippen molar-refractivity contribution in [2.24, 2.45) is 15.8 Å². The summed E-state index contributed by atoms with van der Waals surface area (Å²) in [5, 5.41) is 6.08. The van der Waals surface area contributed by atoms with Gasteiger partial charge >= 0.3 is 0 Å². The number of amidine groups is 1. The first kappa shape index (κ1) is 29.3. The van der Waals surface area contributed by atoms with E-state index in [4.69, 9.17) is 5.73 Å². The number of hydrogen-bond donors (Lipinski definition) is 1. The van der Waals surface area contributed by atoms with E-state index >= 15 is 4.39 Å². The fraction of sp³-hybridized carbons (Fsp3) is 0.290. The first-order chi connectivity index (χ1) is 19.8. The molecule has 1 aliphatic heterocycles. The van der Waals surface area contributed by atoms with Crippen molar-refractivity contribution in [1.29, 1.82) is 0 Å². The second-order valence-corrected chi connectivity index (χ2v) is 9.82. The van der Waals surface area contributed by atoms with Gasteiger partial charge in [0.15, 0.2) is 6.29 Å². The van der Waals surface area contributed by atoms with Crippen molar-refractivity contribution in [2.75, 3.05) is 20.1 Å². The third kappa shape index (κ3) is 7.27. The van der Waals surface area contributed by atoms with Gasteiger partial charge in [-0.05, 0) is 54.3 Å². The van der Waals surface area contributed by atoms with Crippen molar-refractivity contribution < 1.29 is 14.0 Å². The molecule has 0 radical (unpaired) electrons. The van der Waals surface area contributed by atoms with Gasteiger partial charge in [-0.1, -0.05) is 26.0 Å². The lowest BCUT2D eigenvalue weighted by atomic mass is 9.97. The Morgan fingerprint density at radius 1 is 1.07 bits per heavy atom. The summed E-state index contributed by atoms with van der Waals surface area (Å²) in [4.78, 5) is 39.6. The second kappa shape index (κ2) is 13.6. The van der Waals surface area contributed by atoms with Crippen molar-refractivity contribution in [2.45, 2.75) is 39.7 Å². The van der Waals surface area contributed by atoms with Crippen LogP contribution in [0.2, 0.25) is 0 Å². The molecule has 212 valence electrons. The van der Waals surface area contributed by atoms with Crippen LogP contribution in [0, 0.1) is 5.82 Å². The fourth-order valence-corrected chi connectivity index (χ4v) is 4.61. The first-order valence-corrected chi connectivity index (χ1v) is 13.6. The molecule has 2 aromatic carbocycles. The minimum atomic E-state index is -0.518. The third-order valence-corrected chi connectivity index (χ3v) is 6.54. The number of nitrogens with two attached hydrogens (primary N) is 1. The predicted octanol–water partition coefficient (Wildman–Crippen LogP) is 4.99. The number of aldehydes is 1. The average molecular weight is 556 g/mol. The van der Waals surface area contributed by atoms with Crippen LogP contribution in [0.1, 0.15) is 60.4 Å². The lowest BCUT2D eigenvalue weighted by Gasteiger charge is -2.22. The molecule has 0 unspecified atom stereocenters. The standard InChI is InChI=1S/C31H34FN7O2/c1-4-11-39(12-5-2)31(41)24-14-26-27(32)15-23(16-28(26)37-29(33)17-24)21-7-8-22(20-40)25(13-21)18-36-38(3)19-30-34-9-6-10-35-30/h6-10,13-16,18,20H,4-5,11-12,17,19H2,1-3H3,(H2,33,37)/b36-18-.